The van der Waals surface area contributed by atoms with E-state index in [0.717, 1.165) is 0 Å². The number of nitrogens with zero attached hydrogens (tertiary/aromatic N) is 2. The van der Waals surface area contributed by atoms with Gasteiger partial charge in [0, 0.05) is 12.4 Å². The zero-order valence-electron chi connectivity index (χ0n) is 7.97. The first-order valence-corrected chi connectivity index (χ1v) is 4.49. The highest BCUT2D eigenvalue weighted by atomic mass is 16.7. The first-order valence-electron chi connectivity index (χ1n) is 4.49. The van der Waals surface area contributed by atoms with Gasteiger partial charge in [0.1, 0.15) is 6.33 Å². The summed E-state index contributed by atoms with van der Waals surface area (Å²) in [6, 6.07) is 0. The fourth-order valence-corrected chi connectivity index (χ4v) is 1.43. The zero-order valence-corrected chi connectivity index (χ0v) is 7.97. The van der Waals surface area contributed by atoms with E-state index in [2.05, 4.69) is 4.98 Å². The second kappa shape index (κ2) is 3.51. The summed E-state index contributed by atoms with van der Waals surface area (Å²) in [5.74, 6) is -0.839. The minimum Gasteiger partial charge on any atom is -0.347 e. The SMILES string of the molecule is CC1(CC(=O)n2ccnc2)OCCO1. The van der Waals surface area contributed by atoms with Crippen molar-refractivity contribution in [3.63, 3.8) is 0 Å². The predicted molar refractivity (Wildman–Crippen MR) is 47.8 cm³/mol. The van der Waals surface area contributed by atoms with Crippen LogP contribution >= 0.6 is 0 Å². The average molecular weight is 196 g/mol. The Kier molecular flexibility index (Phi) is 2.35. The van der Waals surface area contributed by atoms with Gasteiger partial charge < -0.3 is 9.47 Å². The lowest BCUT2D eigenvalue weighted by atomic mass is 10.2. The van der Waals surface area contributed by atoms with Crippen LogP contribution in [0.15, 0.2) is 18.7 Å². The maximum absolute atomic E-state index is 11.6. The van der Waals surface area contributed by atoms with Crippen LogP contribution in [0.4, 0.5) is 0 Å². The van der Waals surface area contributed by atoms with E-state index in [4.69, 9.17) is 9.47 Å². The molecule has 0 aliphatic carbocycles. The molecule has 76 valence electrons. The summed E-state index contributed by atoms with van der Waals surface area (Å²) in [7, 11) is 0. The Balaban J connectivity index is 2.01. The lowest BCUT2D eigenvalue weighted by Gasteiger charge is -2.20. The molecule has 0 unspecified atom stereocenters. The first-order chi connectivity index (χ1) is 6.70. The van der Waals surface area contributed by atoms with E-state index in [1.54, 1.807) is 19.3 Å². The number of carbonyl (C=O) groups is 1. The van der Waals surface area contributed by atoms with Crippen molar-refractivity contribution >= 4 is 5.91 Å². The maximum atomic E-state index is 11.6. The molecule has 0 saturated carbocycles. The molecule has 1 aromatic rings. The summed E-state index contributed by atoms with van der Waals surface area (Å²) < 4.78 is 12.1. The van der Waals surface area contributed by atoms with Gasteiger partial charge in [0.05, 0.1) is 19.6 Å². The van der Waals surface area contributed by atoms with Crippen LogP contribution in [0.25, 0.3) is 0 Å². The van der Waals surface area contributed by atoms with Gasteiger partial charge >= 0.3 is 0 Å². The monoisotopic (exact) mass is 196 g/mol. The lowest BCUT2D eigenvalue weighted by Crippen LogP contribution is -2.30. The van der Waals surface area contributed by atoms with Crippen LogP contribution in [-0.4, -0.2) is 34.5 Å². The van der Waals surface area contributed by atoms with E-state index in [9.17, 15) is 4.79 Å². The summed E-state index contributed by atoms with van der Waals surface area (Å²) in [6.45, 7) is 2.87. The van der Waals surface area contributed by atoms with Gasteiger partial charge in [-0.3, -0.25) is 9.36 Å². The molecule has 0 bridgehead atoms. The van der Waals surface area contributed by atoms with Gasteiger partial charge in [0.2, 0.25) is 5.91 Å². The molecule has 0 atom stereocenters. The molecule has 14 heavy (non-hydrogen) atoms. The van der Waals surface area contributed by atoms with Crippen LogP contribution in [0.2, 0.25) is 0 Å². The highest BCUT2D eigenvalue weighted by Crippen LogP contribution is 2.22. The van der Waals surface area contributed by atoms with E-state index in [-0.39, 0.29) is 12.3 Å². The third-order valence-electron chi connectivity index (χ3n) is 2.16. The molecule has 2 heterocycles. The number of aromatic nitrogens is 2. The van der Waals surface area contributed by atoms with Crippen molar-refractivity contribution in [2.45, 2.75) is 19.1 Å². The van der Waals surface area contributed by atoms with Gasteiger partial charge in [0.25, 0.3) is 0 Å². The van der Waals surface area contributed by atoms with Crippen LogP contribution in [0, 0.1) is 0 Å². The van der Waals surface area contributed by atoms with Crippen molar-refractivity contribution in [2.24, 2.45) is 0 Å². The molecule has 1 aromatic heterocycles. The van der Waals surface area contributed by atoms with Crippen LogP contribution in [0.3, 0.4) is 0 Å². The molecule has 5 nitrogen and oxygen atoms in total. The third-order valence-corrected chi connectivity index (χ3v) is 2.16. The van der Waals surface area contributed by atoms with Gasteiger partial charge in [-0.15, -0.1) is 0 Å². The predicted octanol–water partition coefficient (Wildman–Crippen LogP) is 0.676. The van der Waals surface area contributed by atoms with Gasteiger partial charge in [-0.1, -0.05) is 0 Å². The number of carbonyl (C=O) groups excluding carboxylic acids is 1. The molecule has 2 rings (SSSR count). The second-order valence-electron chi connectivity index (χ2n) is 3.37. The Hall–Kier alpha value is -1.20. The largest absolute Gasteiger partial charge is 0.347 e. The van der Waals surface area contributed by atoms with Crippen LogP contribution in [0.5, 0.6) is 0 Å². The fourth-order valence-electron chi connectivity index (χ4n) is 1.43. The summed E-state index contributed by atoms with van der Waals surface area (Å²) >= 11 is 0. The molecule has 0 spiro atoms. The molecule has 1 aliphatic heterocycles. The van der Waals surface area contributed by atoms with E-state index < -0.39 is 5.79 Å². The fraction of sp³-hybridized carbons (Fsp3) is 0.556. The molecule has 0 aromatic carbocycles. The number of rotatable bonds is 2. The van der Waals surface area contributed by atoms with E-state index in [1.165, 1.54) is 10.9 Å². The average Bonchev–Trinajstić information content (AvgIpc) is 2.74. The molecule has 0 amide bonds. The topological polar surface area (TPSA) is 53.4 Å². The van der Waals surface area contributed by atoms with Gasteiger partial charge in [-0.2, -0.15) is 0 Å². The smallest absolute Gasteiger partial charge is 0.237 e. The van der Waals surface area contributed by atoms with Gasteiger partial charge in [0.15, 0.2) is 5.79 Å². The molecule has 1 fully saturated rings. The Morgan fingerprint density at radius 2 is 2.29 bits per heavy atom. The van der Waals surface area contributed by atoms with Crippen molar-refractivity contribution < 1.29 is 14.3 Å². The van der Waals surface area contributed by atoms with Crippen molar-refractivity contribution in [1.29, 1.82) is 0 Å². The number of hydrogen-bond donors (Lipinski definition) is 0. The van der Waals surface area contributed by atoms with Crippen LogP contribution < -0.4 is 0 Å². The molecule has 1 aliphatic rings. The van der Waals surface area contributed by atoms with Crippen molar-refractivity contribution in [1.82, 2.24) is 9.55 Å². The van der Waals surface area contributed by atoms with Crippen LogP contribution in [0.1, 0.15) is 18.1 Å². The number of ether oxygens (including phenoxy) is 2. The molecular weight excluding hydrogens is 184 g/mol. The maximum Gasteiger partial charge on any atom is 0.237 e. The molecular formula is C9H12N2O3. The minimum atomic E-state index is -0.763. The van der Waals surface area contributed by atoms with E-state index in [0.29, 0.717) is 13.2 Å². The van der Waals surface area contributed by atoms with Gasteiger partial charge in [-0.25, -0.2) is 4.98 Å². The Bertz CT molecular complexity index is 315. The van der Waals surface area contributed by atoms with Crippen LogP contribution in [-0.2, 0) is 9.47 Å². The molecule has 0 N–H and O–H groups in total. The zero-order chi connectivity index (χ0) is 10.0. The third kappa shape index (κ3) is 1.83. The van der Waals surface area contributed by atoms with Crippen molar-refractivity contribution in [3.8, 4) is 0 Å². The first kappa shape index (κ1) is 9.36. The summed E-state index contributed by atoms with van der Waals surface area (Å²) in [5, 5.41) is 0. The Labute approximate surface area is 81.6 Å². The Morgan fingerprint density at radius 1 is 1.57 bits per heavy atom. The van der Waals surface area contributed by atoms with E-state index >= 15 is 0 Å². The van der Waals surface area contributed by atoms with E-state index in [1.807, 2.05) is 0 Å². The van der Waals surface area contributed by atoms with Crippen molar-refractivity contribution in [2.75, 3.05) is 13.2 Å². The standard InChI is InChI=1S/C9H12N2O3/c1-9(13-4-5-14-9)6-8(12)11-3-2-10-7-11/h2-3,7H,4-6H2,1H3. The normalized spacial score (nSPS) is 19.8. The van der Waals surface area contributed by atoms with Crippen molar-refractivity contribution in [3.05, 3.63) is 18.7 Å². The highest BCUT2D eigenvalue weighted by molar-refractivity contribution is 5.79. The summed E-state index contributed by atoms with van der Waals surface area (Å²) in [6.07, 6.45) is 4.86. The molecule has 0 radical (unpaired) electrons. The second-order valence-corrected chi connectivity index (χ2v) is 3.37. The minimum absolute atomic E-state index is 0.0769. The number of imidazole rings is 1. The summed E-state index contributed by atoms with van der Waals surface area (Å²) in [5.41, 5.74) is 0. The van der Waals surface area contributed by atoms with Gasteiger partial charge in [-0.05, 0) is 6.92 Å². The summed E-state index contributed by atoms with van der Waals surface area (Å²) in [4.78, 5) is 15.4. The molecule has 1 saturated heterocycles. The lowest BCUT2D eigenvalue weighted by molar-refractivity contribution is -0.139. The number of hydrogen-bond acceptors (Lipinski definition) is 4. The molecule has 5 heteroatoms. The quantitative estimate of drug-likeness (QED) is 0.697. The Morgan fingerprint density at radius 3 is 2.86 bits per heavy atom. The highest BCUT2D eigenvalue weighted by Gasteiger charge is 2.33.